The highest BCUT2D eigenvalue weighted by Crippen LogP contribution is 2.72. The van der Waals surface area contributed by atoms with Crippen molar-refractivity contribution < 1.29 is 35.1 Å². The topological polar surface area (TPSA) is 0 Å². The van der Waals surface area contributed by atoms with Crippen LogP contribution < -0.4 is 0 Å². The molecule has 0 N–H and O–H groups in total. The summed E-state index contributed by atoms with van der Waals surface area (Å²) in [5.74, 6) is -18.0. The number of halogens is 10. The van der Waals surface area contributed by atoms with Crippen LogP contribution in [0.1, 0.15) is 0 Å². The Hall–Kier alpha value is 0.400. The number of rotatable bonds is 0. The molecule has 0 aromatic heterocycles. The average Bonchev–Trinajstić information content (AvgIpc) is 2.04. The van der Waals surface area contributed by atoms with Gasteiger partial charge < -0.3 is 0 Å². The summed E-state index contributed by atoms with van der Waals surface area (Å²) in [6, 6.07) is 0. The Labute approximate surface area is 94.3 Å². The van der Waals surface area contributed by atoms with E-state index in [9.17, 15) is 35.1 Å². The molecule has 1 rings (SSSR count). The molecule has 0 amide bonds. The molecule has 2 atom stereocenters. The summed E-state index contributed by atoms with van der Waals surface area (Å²) in [4.78, 5) is 0. The zero-order valence-electron chi connectivity index (χ0n) is 6.28. The predicted octanol–water partition coefficient (Wildman–Crippen LogP) is 4.03. The van der Waals surface area contributed by atoms with Crippen molar-refractivity contribution in [3.8, 4) is 0 Å². The van der Waals surface area contributed by atoms with Gasteiger partial charge in [-0.05, 0) is 31.9 Å². The molecule has 1 aliphatic rings. The first-order chi connectivity index (χ1) is 6.25. The summed E-state index contributed by atoms with van der Waals surface area (Å²) in [5, 5.41) is 0. The standard InChI is InChI=1S/C5Br2F8/c6-1(8)2(7,9)4(12,13)5(14,15)3(1,10)11. The molecule has 1 aliphatic carbocycles. The predicted molar refractivity (Wildman–Crippen MR) is 40.4 cm³/mol. The van der Waals surface area contributed by atoms with Crippen molar-refractivity contribution in [3.63, 3.8) is 0 Å². The SMILES string of the molecule is FC1(F)C(F)(F)C(F)(Br)C(F)(Br)C1(F)F. The van der Waals surface area contributed by atoms with Crippen LogP contribution in [0.5, 0.6) is 0 Å². The minimum Gasteiger partial charge on any atom is -0.219 e. The van der Waals surface area contributed by atoms with Crippen LogP contribution in [0.15, 0.2) is 0 Å². The van der Waals surface area contributed by atoms with E-state index in [1.165, 1.54) is 31.9 Å². The summed E-state index contributed by atoms with van der Waals surface area (Å²) in [7, 11) is 0. The van der Waals surface area contributed by atoms with Crippen LogP contribution in [0.4, 0.5) is 35.1 Å². The molecule has 1 saturated carbocycles. The molecule has 0 aromatic carbocycles. The first kappa shape index (κ1) is 13.5. The van der Waals surface area contributed by atoms with E-state index in [1.54, 1.807) is 0 Å². The van der Waals surface area contributed by atoms with Gasteiger partial charge in [0.1, 0.15) is 0 Å². The first-order valence-electron chi connectivity index (χ1n) is 3.14. The van der Waals surface area contributed by atoms with E-state index < -0.39 is 26.9 Å². The summed E-state index contributed by atoms with van der Waals surface area (Å²) in [6.45, 7) is 0. The van der Waals surface area contributed by atoms with E-state index in [2.05, 4.69) is 0 Å². The molecule has 10 heteroatoms. The van der Waals surface area contributed by atoms with Gasteiger partial charge in [0.2, 0.25) is 0 Å². The van der Waals surface area contributed by atoms with E-state index >= 15 is 0 Å². The summed E-state index contributed by atoms with van der Waals surface area (Å²) < 4.78 is 91.2. The summed E-state index contributed by atoms with van der Waals surface area (Å²) in [6.07, 6.45) is 0. The van der Waals surface area contributed by atoms with Gasteiger partial charge in [0.05, 0.1) is 0 Å². The van der Waals surface area contributed by atoms with Crippen molar-refractivity contribution >= 4 is 31.9 Å². The Morgan fingerprint density at radius 2 is 0.667 bits per heavy atom. The highest BCUT2D eigenvalue weighted by molar-refractivity contribution is 9.12. The fraction of sp³-hybridized carbons (Fsp3) is 1.00. The van der Waals surface area contributed by atoms with Crippen LogP contribution in [-0.4, -0.2) is 26.9 Å². The maximum Gasteiger partial charge on any atom is 0.380 e. The molecule has 0 spiro atoms. The average molecular weight is 372 g/mol. The molecule has 2 unspecified atom stereocenters. The normalized spacial score (nSPS) is 46.8. The van der Waals surface area contributed by atoms with Gasteiger partial charge >= 0.3 is 17.8 Å². The lowest BCUT2D eigenvalue weighted by molar-refractivity contribution is -0.283. The molecule has 0 radical (unpaired) electrons. The quantitative estimate of drug-likeness (QED) is 0.445. The summed E-state index contributed by atoms with van der Waals surface area (Å²) in [5.41, 5.74) is 0. The summed E-state index contributed by atoms with van der Waals surface area (Å²) >= 11 is 2.48. The Balaban J connectivity index is 3.55. The monoisotopic (exact) mass is 370 g/mol. The maximum absolute atomic E-state index is 12.9. The van der Waals surface area contributed by atoms with Gasteiger partial charge in [0.25, 0.3) is 9.16 Å². The van der Waals surface area contributed by atoms with Crippen LogP contribution in [0, 0.1) is 0 Å². The molecule has 15 heavy (non-hydrogen) atoms. The second kappa shape index (κ2) is 2.80. The smallest absolute Gasteiger partial charge is 0.219 e. The van der Waals surface area contributed by atoms with E-state index in [4.69, 9.17) is 0 Å². The molecule has 0 bridgehead atoms. The highest BCUT2D eigenvalue weighted by atomic mass is 79.9. The van der Waals surface area contributed by atoms with Crippen LogP contribution in [0.25, 0.3) is 0 Å². The fourth-order valence-corrected chi connectivity index (χ4v) is 1.98. The van der Waals surface area contributed by atoms with Crippen LogP contribution in [0.2, 0.25) is 0 Å². The van der Waals surface area contributed by atoms with Crippen LogP contribution in [-0.2, 0) is 0 Å². The largest absolute Gasteiger partial charge is 0.380 e. The molecule has 1 fully saturated rings. The maximum atomic E-state index is 12.9. The molecule has 90 valence electrons. The van der Waals surface area contributed by atoms with Gasteiger partial charge in [0, 0.05) is 0 Å². The minimum absolute atomic E-state index is 1.24. The van der Waals surface area contributed by atoms with Crippen molar-refractivity contribution in [1.82, 2.24) is 0 Å². The highest BCUT2D eigenvalue weighted by Gasteiger charge is 2.98. The zero-order valence-corrected chi connectivity index (χ0v) is 9.45. The van der Waals surface area contributed by atoms with E-state index in [1.807, 2.05) is 0 Å². The molecule has 0 aromatic rings. The fourth-order valence-electron chi connectivity index (χ4n) is 0.986. The third kappa shape index (κ3) is 1.07. The van der Waals surface area contributed by atoms with Crippen LogP contribution in [0.3, 0.4) is 0 Å². The van der Waals surface area contributed by atoms with Gasteiger partial charge in [-0.1, -0.05) is 0 Å². The van der Waals surface area contributed by atoms with Crippen LogP contribution >= 0.6 is 31.9 Å². The first-order valence-corrected chi connectivity index (χ1v) is 4.73. The number of hydrogen-bond donors (Lipinski definition) is 0. The number of hydrogen-bond acceptors (Lipinski definition) is 0. The molecular formula is C5Br2F8. The van der Waals surface area contributed by atoms with Crippen molar-refractivity contribution in [2.24, 2.45) is 0 Å². The van der Waals surface area contributed by atoms with Crippen molar-refractivity contribution in [2.45, 2.75) is 26.9 Å². The van der Waals surface area contributed by atoms with E-state index in [0.29, 0.717) is 0 Å². The lowest BCUT2D eigenvalue weighted by Crippen LogP contribution is -2.50. The third-order valence-corrected chi connectivity index (χ3v) is 4.59. The Kier molecular flexibility index (Phi) is 2.51. The van der Waals surface area contributed by atoms with Gasteiger partial charge in [-0.25, -0.2) is 8.78 Å². The van der Waals surface area contributed by atoms with Crippen molar-refractivity contribution in [2.75, 3.05) is 0 Å². The molecule has 0 saturated heterocycles. The van der Waals surface area contributed by atoms with Gasteiger partial charge in [-0.15, -0.1) is 0 Å². The van der Waals surface area contributed by atoms with Gasteiger partial charge in [-0.3, -0.25) is 0 Å². The minimum atomic E-state index is -6.16. The number of alkyl halides is 10. The lowest BCUT2D eigenvalue weighted by Gasteiger charge is -2.26. The van der Waals surface area contributed by atoms with Gasteiger partial charge in [0.15, 0.2) is 0 Å². The second-order valence-electron chi connectivity index (χ2n) is 2.87. The van der Waals surface area contributed by atoms with Gasteiger partial charge in [-0.2, -0.15) is 26.3 Å². The molecule has 0 aliphatic heterocycles. The van der Waals surface area contributed by atoms with Crippen molar-refractivity contribution in [1.29, 1.82) is 0 Å². The van der Waals surface area contributed by atoms with Crippen molar-refractivity contribution in [3.05, 3.63) is 0 Å². The van der Waals surface area contributed by atoms with E-state index in [0.717, 1.165) is 0 Å². The lowest BCUT2D eigenvalue weighted by atomic mass is 10.2. The Morgan fingerprint density at radius 3 is 0.733 bits per heavy atom. The molecule has 0 nitrogen and oxygen atoms in total. The van der Waals surface area contributed by atoms with E-state index in [-0.39, 0.29) is 0 Å². The Morgan fingerprint density at radius 1 is 0.467 bits per heavy atom. The second-order valence-corrected chi connectivity index (χ2v) is 5.06. The third-order valence-electron chi connectivity index (χ3n) is 1.97. The molecular weight excluding hydrogens is 372 g/mol. The zero-order chi connectivity index (χ0) is 12.5. The molecule has 0 heterocycles. The Bertz CT molecular complexity index is 206.